The fourth-order valence-electron chi connectivity index (χ4n) is 2.41. The summed E-state index contributed by atoms with van der Waals surface area (Å²) in [6.07, 6.45) is 0.220. The van der Waals surface area contributed by atoms with Gasteiger partial charge in [0.25, 0.3) is 5.91 Å². The lowest BCUT2D eigenvalue weighted by Crippen LogP contribution is -2.28. The second-order valence-electron chi connectivity index (χ2n) is 5.93. The number of sulfonamides is 1. The molecule has 0 radical (unpaired) electrons. The lowest BCUT2D eigenvalue weighted by molar-refractivity contribution is 0.0797. The quantitative estimate of drug-likeness (QED) is 0.809. The van der Waals surface area contributed by atoms with Crippen molar-refractivity contribution in [3.05, 3.63) is 65.2 Å². The molecule has 1 N–H and O–H groups in total. The van der Waals surface area contributed by atoms with Crippen molar-refractivity contribution in [2.75, 3.05) is 13.6 Å². The van der Waals surface area contributed by atoms with Crippen molar-refractivity contribution < 1.29 is 13.2 Å². The Kier molecular flexibility index (Phi) is 6.50. The number of rotatable bonds is 7. The summed E-state index contributed by atoms with van der Waals surface area (Å²) in [5.74, 6) is -0.320. The Hall–Kier alpha value is -2.69. The summed E-state index contributed by atoms with van der Waals surface area (Å²) in [6, 6.07) is 15.8. The Bertz CT molecular complexity index is 919. The molecule has 0 fully saturated rings. The summed E-state index contributed by atoms with van der Waals surface area (Å²) in [4.78, 5) is 13.9. The van der Waals surface area contributed by atoms with Gasteiger partial charge in [0.2, 0.25) is 10.0 Å². The van der Waals surface area contributed by atoms with E-state index < -0.39 is 10.0 Å². The summed E-state index contributed by atoms with van der Waals surface area (Å²) in [6.45, 7) is 2.14. The van der Waals surface area contributed by atoms with E-state index in [9.17, 15) is 13.2 Å². The van der Waals surface area contributed by atoms with E-state index in [1.165, 1.54) is 11.0 Å². The summed E-state index contributed by atoms with van der Waals surface area (Å²) >= 11 is 0. The van der Waals surface area contributed by atoms with E-state index >= 15 is 0 Å². The minimum atomic E-state index is -3.76. The first kappa shape index (κ1) is 19.6. The standard InChI is InChI=1S/C19H21N3O3S/c1-15-9-10-17(19(23)22(2)12-6-11-20)13-18(15)26(24,25)21-14-16-7-4-3-5-8-16/h3-5,7-10,13,21H,6,12,14H2,1-2H3. The maximum atomic E-state index is 12.7. The van der Waals surface area contributed by atoms with Crippen LogP contribution in [0.2, 0.25) is 0 Å². The maximum Gasteiger partial charge on any atom is 0.253 e. The maximum absolute atomic E-state index is 12.7. The summed E-state index contributed by atoms with van der Waals surface area (Å²) in [5, 5.41) is 8.63. The predicted molar refractivity (Wildman–Crippen MR) is 98.8 cm³/mol. The molecule has 0 saturated carbocycles. The first-order valence-corrected chi connectivity index (χ1v) is 9.60. The van der Waals surface area contributed by atoms with E-state index in [4.69, 9.17) is 5.26 Å². The lowest BCUT2D eigenvalue weighted by Gasteiger charge is -2.17. The van der Waals surface area contributed by atoms with Crippen LogP contribution in [0, 0.1) is 18.3 Å². The highest BCUT2D eigenvalue weighted by Gasteiger charge is 2.20. The Morgan fingerprint density at radius 3 is 2.54 bits per heavy atom. The minimum absolute atomic E-state index is 0.0768. The third-order valence-corrected chi connectivity index (χ3v) is 5.48. The zero-order valence-electron chi connectivity index (χ0n) is 14.8. The molecule has 0 atom stereocenters. The number of nitrogens with one attached hydrogen (secondary N) is 1. The van der Waals surface area contributed by atoms with Gasteiger partial charge in [-0.2, -0.15) is 5.26 Å². The SMILES string of the molecule is Cc1ccc(C(=O)N(C)CCC#N)cc1S(=O)(=O)NCc1ccccc1. The van der Waals surface area contributed by atoms with Gasteiger partial charge in [-0.25, -0.2) is 13.1 Å². The minimum Gasteiger partial charge on any atom is -0.341 e. The Labute approximate surface area is 154 Å². The second-order valence-corrected chi connectivity index (χ2v) is 7.66. The molecule has 2 aromatic rings. The van der Waals surface area contributed by atoms with Crippen molar-refractivity contribution in [1.29, 1.82) is 5.26 Å². The van der Waals surface area contributed by atoms with Crippen molar-refractivity contribution in [2.24, 2.45) is 0 Å². The highest BCUT2D eigenvalue weighted by atomic mass is 32.2. The van der Waals surface area contributed by atoms with Gasteiger partial charge >= 0.3 is 0 Å². The number of amides is 1. The van der Waals surface area contributed by atoms with Crippen LogP contribution in [-0.2, 0) is 16.6 Å². The molecule has 6 nitrogen and oxygen atoms in total. The molecule has 0 saturated heterocycles. The molecular weight excluding hydrogens is 350 g/mol. The Morgan fingerprint density at radius 1 is 1.19 bits per heavy atom. The molecule has 0 unspecified atom stereocenters. The topological polar surface area (TPSA) is 90.3 Å². The molecule has 0 aliphatic heterocycles. The molecule has 0 aliphatic rings. The summed E-state index contributed by atoms with van der Waals surface area (Å²) in [7, 11) is -2.18. The van der Waals surface area contributed by atoms with Crippen molar-refractivity contribution in [3.8, 4) is 6.07 Å². The van der Waals surface area contributed by atoms with Crippen LogP contribution >= 0.6 is 0 Å². The fraction of sp³-hybridized carbons (Fsp3) is 0.263. The van der Waals surface area contributed by atoms with Crippen LogP contribution in [-0.4, -0.2) is 32.8 Å². The van der Waals surface area contributed by atoms with E-state index in [-0.39, 0.29) is 35.9 Å². The van der Waals surface area contributed by atoms with Gasteiger partial charge in [0.1, 0.15) is 0 Å². The molecule has 136 valence electrons. The number of aryl methyl sites for hydroxylation is 1. The van der Waals surface area contributed by atoms with E-state index in [0.29, 0.717) is 5.56 Å². The zero-order valence-corrected chi connectivity index (χ0v) is 15.6. The average molecular weight is 371 g/mol. The number of carbonyl (C=O) groups is 1. The van der Waals surface area contributed by atoms with Crippen LogP contribution in [0.15, 0.2) is 53.4 Å². The predicted octanol–water partition coefficient (Wildman–Crippen LogP) is 2.46. The number of hydrogen-bond donors (Lipinski definition) is 1. The van der Waals surface area contributed by atoms with E-state index in [1.807, 2.05) is 36.4 Å². The second kappa shape index (κ2) is 8.61. The van der Waals surface area contributed by atoms with E-state index in [0.717, 1.165) is 5.56 Å². The number of nitrogens with zero attached hydrogens (tertiary/aromatic N) is 2. The highest BCUT2D eigenvalue weighted by molar-refractivity contribution is 7.89. The van der Waals surface area contributed by atoms with Crippen molar-refractivity contribution in [3.63, 3.8) is 0 Å². The molecule has 1 amide bonds. The zero-order chi connectivity index (χ0) is 19.2. The summed E-state index contributed by atoms with van der Waals surface area (Å²) < 4.78 is 27.9. The molecule has 0 aromatic heterocycles. The van der Waals surface area contributed by atoms with Crippen molar-refractivity contribution in [2.45, 2.75) is 24.8 Å². The van der Waals surface area contributed by atoms with Gasteiger partial charge in [-0.1, -0.05) is 36.4 Å². The van der Waals surface area contributed by atoms with E-state index in [1.54, 1.807) is 26.1 Å². The van der Waals surface area contributed by atoms with Gasteiger partial charge in [0, 0.05) is 25.7 Å². The van der Waals surface area contributed by atoms with Crippen LogP contribution in [0.3, 0.4) is 0 Å². The molecule has 0 heterocycles. The third-order valence-electron chi connectivity index (χ3n) is 3.94. The number of carbonyl (C=O) groups excluding carboxylic acids is 1. The molecule has 0 spiro atoms. The summed E-state index contributed by atoms with van der Waals surface area (Å²) in [5.41, 5.74) is 1.68. The molecule has 2 rings (SSSR count). The molecular formula is C19H21N3O3S. The van der Waals surface area contributed by atoms with E-state index in [2.05, 4.69) is 4.72 Å². The van der Waals surface area contributed by atoms with Crippen LogP contribution in [0.25, 0.3) is 0 Å². The first-order valence-electron chi connectivity index (χ1n) is 8.12. The normalized spacial score (nSPS) is 11.0. The monoisotopic (exact) mass is 371 g/mol. The van der Waals surface area contributed by atoms with Gasteiger partial charge in [-0.3, -0.25) is 4.79 Å². The van der Waals surface area contributed by atoms with Gasteiger partial charge in [-0.15, -0.1) is 0 Å². The smallest absolute Gasteiger partial charge is 0.253 e. The van der Waals surface area contributed by atoms with Gasteiger partial charge < -0.3 is 4.90 Å². The van der Waals surface area contributed by atoms with Crippen LogP contribution in [0.5, 0.6) is 0 Å². The van der Waals surface area contributed by atoms with Crippen LogP contribution < -0.4 is 4.72 Å². The number of hydrogen-bond acceptors (Lipinski definition) is 4. The van der Waals surface area contributed by atoms with Gasteiger partial charge in [0.05, 0.1) is 17.4 Å². The fourth-order valence-corrected chi connectivity index (χ4v) is 3.70. The Morgan fingerprint density at radius 2 is 1.88 bits per heavy atom. The average Bonchev–Trinajstić information content (AvgIpc) is 2.65. The number of benzene rings is 2. The van der Waals surface area contributed by atoms with Crippen LogP contribution in [0.4, 0.5) is 0 Å². The third kappa shape index (κ3) is 4.91. The molecule has 7 heteroatoms. The van der Waals surface area contributed by atoms with Gasteiger partial charge in [0.15, 0.2) is 0 Å². The van der Waals surface area contributed by atoms with Crippen molar-refractivity contribution >= 4 is 15.9 Å². The molecule has 0 bridgehead atoms. The molecule has 0 aliphatic carbocycles. The molecule has 26 heavy (non-hydrogen) atoms. The molecule has 2 aromatic carbocycles. The van der Waals surface area contributed by atoms with Gasteiger partial charge in [-0.05, 0) is 30.2 Å². The number of nitriles is 1. The lowest BCUT2D eigenvalue weighted by atomic mass is 10.1. The highest BCUT2D eigenvalue weighted by Crippen LogP contribution is 2.18. The van der Waals surface area contributed by atoms with Crippen molar-refractivity contribution in [1.82, 2.24) is 9.62 Å². The first-order chi connectivity index (χ1) is 12.3. The van der Waals surface area contributed by atoms with Crippen LogP contribution in [0.1, 0.15) is 27.9 Å². The largest absolute Gasteiger partial charge is 0.341 e. The Balaban J connectivity index is 2.22.